The highest BCUT2D eigenvalue weighted by Gasteiger charge is 2.17. The molecule has 2 aromatic carbocycles. The van der Waals surface area contributed by atoms with Gasteiger partial charge in [-0.1, -0.05) is 28.4 Å². The largest absolute Gasteiger partial charge is 0.455 e. The molecule has 0 saturated carbocycles. The molecule has 3 aromatic rings. The first-order valence-corrected chi connectivity index (χ1v) is 8.33. The summed E-state index contributed by atoms with van der Waals surface area (Å²) in [7, 11) is 0. The molecule has 6 nitrogen and oxygen atoms in total. The first kappa shape index (κ1) is 16.8. The Morgan fingerprint density at radius 1 is 1.08 bits per heavy atom. The van der Waals surface area contributed by atoms with Gasteiger partial charge in [-0.05, 0) is 36.4 Å². The second-order valence-corrected chi connectivity index (χ2v) is 6.29. The Morgan fingerprint density at radius 2 is 1.92 bits per heavy atom. The molecule has 1 aromatic heterocycles. The molecule has 0 saturated heterocycles. The molecule has 0 N–H and O–H groups in total. The number of benzene rings is 2. The van der Waals surface area contributed by atoms with Gasteiger partial charge in [0.25, 0.3) is 0 Å². The molecule has 0 bridgehead atoms. The van der Waals surface area contributed by atoms with Gasteiger partial charge in [-0.25, -0.2) is 4.79 Å². The Balaban J connectivity index is 1.44. The Hall–Kier alpha value is -2.70. The lowest BCUT2D eigenvalue weighted by Gasteiger charge is -2.04. The van der Waals surface area contributed by atoms with E-state index in [0.29, 0.717) is 28.0 Å². The number of halogens is 2. The monoisotopic (exact) mass is 391 g/mol. The lowest BCUT2D eigenvalue weighted by molar-refractivity contribution is 0.0464. The average Bonchev–Trinajstić information content (AvgIpc) is 3.28. The number of fused-ring (bicyclic) bond motifs is 1. The van der Waals surface area contributed by atoms with E-state index in [-0.39, 0.29) is 24.0 Å². The molecule has 8 heteroatoms. The third kappa shape index (κ3) is 3.34. The van der Waals surface area contributed by atoms with Crippen LogP contribution in [0.15, 0.2) is 47.0 Å². The first-order valence-electron chi connectivity index (χ1n) is 7.58. The van der Waals surface area contributed by atoms with Crippen LogP contribution >= 0.6 is 23.2 Å². The van der Waals surface area contributed by atoms with Crippen molar-refractivity contribution >= 4 is 29.2 Å². The molecule has 0 fully saturated rings. The topological polar surface area (TPSA) is 70.8 Å². The minimum Gasteiger partial charge on any atom is -0.455 e. The smallest absolute Gasteiger partial charge is 0.340 e. The van der Waals surface area contributed by atoms with Crippen molar-refractivity contribution in [2.45, 2.75) is 6.61 Å². The minimum atomic E-state index is -0.570. The summed E-state index contributed by atoms with van der Waals surface area (Å²) >= 11 is 11.8. The van der Waals surface area contributed by atoms with E-state index in [0.717, 1.165) is 5.56 Å². The lowest BCUT2D eigenvalue weighted by Crippen LogP contribution is -2.06. The van der Waals surface area contributed by atoms with E-state index in [1.54, 1.807) is 24.3 Å². The molecule has 2 heterocycles. The second-order valence-electron chi connectivity index (χ2n) is 5.45. The number of hydrogen-bond acceptors (Lipinski definition) is 6. The first-order chi connectivity index (χ1) is 12.6. The quantitative estimate of drug-likeness (QED) is 0.598. The summed E-state index contributed by atoms with van der Waals surface area (Å²) in [6.45, 7) is 0.148. The summed E-state index contributed by atoms with van der Waals surface area (Å²) in [4.78, 5) is 12.1. The number of hydrogen-bond donors (Lipinski definition) is 0. The SMILES string of the molecule is O=C(OCc1cc(-c2ccc3c(c2)OCO3)on1)c1ccc(Cl)cc1Cl. The van der Waals surface area contributed by atoms with Gasteiger partial charge in [0.2, 0.25) is 6.79 Å². The molecular formula is C18H11Cl2NO5. The molecule has 26 heavy (non-hydrogen) atoms. The number of rotatable bonds is 4. The maximum absolute atomic E-state index is 12.1. The van der Waals surface area contributed by atoms with Crippen molar-refractivity contribution in [3.05, 3.63) is 63.8 Å². The zero-order valence-corrected chi connectivity index (χ0v) is 14.7. The van der Waals surface area contributed by atoms with Gasteiger partial charge in [-0.15, -0.1) is 0 Å². The summed E-state index contributed by atoms with van der Waals surface area (Å²) in [6, 6.07) is 11.7. The summed E-state index contributed by atoms with van der Waals surface area (Å²) in [5.41, 5.74) is 1.48. The second kappa shape index (κ2) is 6.90. The Morgan fingerprint density at radius 3 is 2.77 bits per heavy atom. The van der Waals surface area contributed by atoms with Crippen LogP contribution < -0.4 is 9.47 Å². The molecular weight excluding hydrogens is 381 g/mol. The predicted octanol–water partition coefficient (Wildman–Crippen LogP) is 4.73. The van der Waals surface area contributed by atoms with Crippen molar-refractivity contribution < 1.29 is 23.5 Å². The van der Waals surface area contributed by atoms with Crippen molar-refractivity contribution in [3.63, 3.8) is 0 Å². The van der Waals surface area contributed by atoms with Crippen LogP contribution in [0.5, 0.6) is 11.5 Å². The van der Waals surface area contributed by atoms with Gasteiger partial charge in [0.1, 0.15) is 12.3 Å². The van der Waals surface area contributed by atoms with Crippen LogP contribution in [0.25, 0.3) is 11.3 Å². The van der Waals surface area contributed by atoms with Crippen LogP contribution in [0.1, 0.15) is 16.1 Å². The fourth-order valence-electron chi connectivity index (χ4n) is 2.44. The zero-order chi connectivity index (χ0) is 18.1. The summed E-state index contributed by atoms with van der Waals surface area (Å²) in [5.74, 6) is 1.28. The molecule has 0 unspecified atom stereocenters. The normalized spacial score (nSPS) is 12.2. The van der Waals surface area contributed by atoms with Crippen LogP contribution in [0.4, 0.5) is 0 Å². The van der Waals surface area contributed by atoms with E-state index in [9.17, 15) is 4.79 Å². The van der Waals surface area contributed by atoms with Gasteiger partial charge in [0.05, 0.1) is 10.6 Å². The molecule has 4 rings (SSSR count). The van der Waals surface area contributed by atoms with Gasteiger partial charge in [0.15, 0.2) is 17.3 Å². The van der Waals surface area contributed by atoms with Crippen molar-refractivity contribution in [2.24, 2.45) is 0 Å². The van der Waals surface area contributed by atoms with Crippen molar-refractivity contribution in [1.82, 2.24) is 5.16 Å². The number of ether oxygens (including phenoxy) is 3. The highest BCUT2D eigenvalue weighted by Crippen LogP contribution is 2.36. The molecule has 132 valence electrons. The van der Waals surface area contributed by atoms with Gasteiger partial charge in [0, 0.05) is 16.7 Å². The molecule has 0 amide bonds. The number of aromatic nitrogens is 1. The van der Waals surface area contributed by atoms with Crippen molar-refractivity contribution in [3.8, 4) is 22.8 Å². The number of carbonyl (C=O) groups excluding carboxylic acids is 1. The van der Waals surface area contributed by atoms with E-state index >= 15 is 0 Å². The third-order valence-electron chi connectivity index (χ3n) is 3.72. The van der Waals surface area contributed by atoms with E-state index < -0.39 is 5.97 Å². The summed E-state index contributed by atoms with van der Waals surface area (Å²) in [6.07, 6.45) is 0. The summed E-state index contributed by atoms with van der Waals surface area (Å²) < 4.78 is 21.1. The summed E-state index contributed by atoms with van der Waals surface area (Å²) in [5, 5.41) is 4.58. The Labute approximate surface area is 158 Å². The number of nitrogens with zero attached hydrogens (tertiary/aromatic N) is 1. The van der Waals surface area contributed by atoms with Gasteiger partial charge in [-0.3, -0.25) is 0 Å². The van der Waals surface area contributed by atoms with Crippen LogP contribution in [-0.2, 0) is 11.3 Å². The Kier molecular flexibility index (Phi) is 4.44. The van der Waals surface area contributed by atoms with E-state index in [4.69, 9.17) is 41.9 Å². The minimum absolute atomic E-state index is 0.0498. The van der Waals surface area contributed by atoms with Crippen LogP contribution in [-0.4, -0.2) is 17.9 Å². The van der Waals surface area contributed by atoms with Crippen molar-refractivity contribution in [2.75, 3.05) is 6.79 Å². The number of carbonyl (C=O) groups is 1. The number of esters is 1. The maximum atomic E-state index is 12.1. The highest BCUT2D eigenvalue weighted by molar-refractivity contribution is 6.36. The van der Waals surface area contributed by atoms with E-state index in [2.05, 4.69) is 5.16 Å². The van der Waals surface area contributed by atoms with E-state index in [1.165, 1.54) is 12.1 Å². The molecule has 1 aliphatic heterocycles. The highest BCUT2D eigenvalue weighted by atomic mass is 35.5. The molecule has 0 spiro atoms. The van der Waals surface area contributed by atoms with Crippen molar-refractivity contribution in [1.29, 1.82) is 0 Å². The van der Waals surface area contributed by atoms with Crippen LogP contribution in [0, 0.1) is 0 Å². The van der Waals surface area contributed by atoms with Crippen LogP contribution in [0.3, 0.4) is 0 Å². The van der Waals surface area contributed by atoms with E-state index in [1.807, 2.05) is 6.07 Å². The fraction of sp³-hybridized carbons (Fsp3) is 0.111. The Bertz CT molecular complexity index is 985. The standard InChI is InChI=1S/C18H11Cl2NO5/c19-11-2-3-13(14(20)6-11)18(22)23-8-12-7-16(26-21-12)10-1-4-15-17(5-10)25-9-24-15/h1-7H,8-9H2. The van der Waals surface area contributed by atoms with Gasteiger partial charge < -0.3 is 18.7 Å². The molecule has 1 aliphatic rings. The lowest BCUT2D eigenvalue weighted by atomic mass is 10.1. The van der Waals surface area contributed by atoms with Gasteiger partial charge >= 0.3 is 5.97 Å². The fourth-order valence-corrected chi connectivity index (χ4v) is 2.92. The maximum Gasteiger partial charge on any atom is 0.340 e. The molecule has 0 atom stereocenters. The zero-order valence-electron chi connectivity index (χ0n) is 13.2. The predicted molar refractivity (Wildman–Crippen MR) is 93.6 cm³/mol. The molecule has 0 aliphatic carbocycles. The molecule has 0 radical (unpaired) electrons. The average molecular weight is 392 g/mol. The van der Waals surface area contributed by atoms with Gasteiger partial charge in [-0.2, -0.15) is 0 Å². The van der Waals surface area contributed by atoms with Crippen LogP contribution in [0.2, 0.25) is 10.0 Å². The third-order valence-corrected chi connectivity index (χ3v) is 4.27.